The first-order valence-electron chi connectivity index (χ1n) is 7.05. The molecule has 0 spiro atoms. The Morgan fingerprint density at radius 3 is 2.79 bits per heavy atom. The predicted octanol–water partition coefficient (Wildman–Crippen LogP) is 2.54. The third kappa shape index (κ3) is 3.79. The van der Waals surface area contributed by atoms with Gasteiger partial charge in [0.2, 0.25) is 0 Å². The largest absolute Gasteiger partial charge is 0.393 e. The molecule has 1 aromatic carbocycles. The van der Waals surface area contributed by atoms with Crippen LogP contribution >= 0.6 is 0 Å². The van der Waals surface area contributed by atoms with E-state index in [0.717, 1.165) is 43.5 Å². The summed E-state index contributed by atoms with van der Waals surface area (Å²) in [5, 5.41) is 19.1. The predicted molar refractivity (Wildman–Crippen MR) is 75.5 cm³/mol. The molecule has 102 valence electrons. The van der Waals surface area contributed by atoms with Crippen molar-refractivity contribution in [1.82, 2.24) is 4.90 Å². The second kappa shape index (κ2) is 6.70. The van der Waals surface area contributed by atoms with E-state index in [1.807, 2.05) is 24.3 Å². The molecular weight excluding hydrogens is 236 g/mol. The SMILES string of the molecule is CN(Cc1ccccc1C#N)CC1CCCCC1O. The lowest BCUT2D eigenvalue weighted by Gasteiger charge is -2.31. The minimum Gasteiger partial charge on any atom is -0.393 e. The molecule has 1 N–H and O–H groups in total. The molecule has 0 bridgehead atoms. The molecule has 0 amide bonds. The first kappa shape index (κ1) is 14.0. The van der Waals surface area contributed by atoms with Gasteiger partial charge in [-0.15, -0.1) is 0 Å². The molecule has 3 heteroatoms. The summed E-state index contributed by atoms with van der Waals surface area (Å²) in [6, 6.07) is 9.97. The van der Waals surface area contributed by atoms with Crippen LogP contribution in [0.2, 0.25) is 0 Å². The van der Waals surface area contributed by atoms with Crippen LogP contribution in [0.15, 0.2) is 24.3 Å². The summed E-state index contributed by atoms with van der Waals surface area (Å²) in [7, 11) is 2.06. The van der Waals surface area contributed by atoms with E-state index in [1.54, 1.807) is 0 Å². The molecule has 1 saturated carbocycles. The number of nitriles is 1. The molecule has 1 fully saturated rings. The summed E-state index contributed by atoms with van der Waals surface area (Å²) in [4.78, 5) is 2.22. The second-order valence-electron chi connectivity index (χ2n) is 5.58. The molecule has 19 heavy (non-hydrogen) atoms. The second-order valence-corrected chi connectivity index (χ2v) is 5.58. The summed E-state index contributed by atoms with van der Waals surface area (Å²) in [5.41, 5.74) is 1.82. The van der Waals surface area contributed by atoms with Gasteiger partial charge < -0.3 is 10.0 Å². The smallest absolute Gasteiger partial charge is 0.0995 e. The van der Waals surface area contributed by atoms with Crippen LogP contribution in [0.4, 0.5) is 0 Å². The quantitative estimate of drug-likeness (QED) is 0.902. The van der Waals surface area contributed by atoms with Gasteiger partial charge in [-0.3, -0.25) is 0 Å². The van der Waals surface area contributed by atoms with Crippen LogP contribution in [0.1, 0.15) is 36.8 Å². The Hall–Kier alpha value is -1.37. The molecule has 1 aliphatic carbocycles. The highest BCUT2D eigenvalue weighted by Crippen LogP contribution is 2.25. The van der Waals surface area contributed by atoms with Crippen molar-refractivity contribution in [3.63, 3.8) is 0 Å². The van der Waals surface area contributed by atoms with Crippen molar-refractivity contribution < 1.29 is 5.11 Å². The summed E-state index contributed by atoms with van der Waals surface area (Å²) in [5.74, 6) is 0.382. The summed E-state index contributed by atoms with van der Waals surface area (Å²) in [6.07, 6.45) is 4.28. The first-order valence-corrected chi connectivity index (χ1v) is 7.05. The number of hydrogen-bond donors (Lipinski definition) is 1. The van der Waals surface area contributed by atoms with E-state index in [1.165, 1.54) is 6.42 Å². The van der Waals surface area contributed by atoms with E-state index < -0.39 is 0 Å². The lowest BCUT2D eigenvalue weighted by molar-refractivity contribution is 0.0501. The minimum atomic E-state index is -0.151. The van der Waals surface area contributed by atoms with Crippen molar-refractivity contribution in [3.05, 3.63) is 35.4 Å². The van der Waals surface area contributed by atoms with Gasteiger partial charge in [-0.1, -0.05) is 31.0 Å². The Labute approximate surface area is 115 Å². The normalized spacial score (nSPS) is 23.3. The molecule has 2 atom stereocenters. The van der Waals surface area contributed by atoms with Crippen LogP contribution in [0.5, 0.6) is 0 Å². The monoisotopic (exact) mass is 258 g/mol. The summed E-state index contributed by atoms with van der Waals surface area (Å²) < 4.78 is 0. The molecule has 0 aromatic heterocycles. The van der Waals surface area contributed by atoms with Crippen molar-refractivity contribution in [3.8, 4) is 6.07 Å². The highest BCUT2D eigenvalue weighted by Gasteiger charge is 2.24. The van der Waals surface area contributed by atoms with Crippen LogP contribution in [0.3, 0.4) is 0 Å². The third-order valence-electron chi connectivity index (χ3n) is 3.99. The van der Waals surface area contributed by atoms with Crippen molar-refractivity contribution in [2.45, 2.75) is 38.3 Å². The molecule has 1 aliphatic rings. The van der Waals surface area contributed by atoms with E-state index in [9.17, 15) is 5.11 Å². The van der Waals surface area contributed by atoms with E-state index in [0.29, 0.717) is 5.92 Å². The molecule has 0 saturated heterocycles. The average Bonchev–Trinajstić information content (AvgIpc) is 2.42. The van der Waals surface area contributed by atoms with Crippen LogP contribution in [0, 0.1) is 17.2 Å². The molecule has 1 aromatic rings. The van der Waals surface area contributed by atoms with Crippen molar-refractivity contribution >= 4 is 0 Å². The number of aliphatic hydroxyl groups excluding tert-OH is 1. The standard InChI is InChI=1S/C16H22N2O/c1-18(12-15-8-4-5-9-16(15)19)11-14-7-3-2-6-13(14)10-17/h2-3,6-7,15-16,19H,4-5,8-9,11-12H2,1H3. The molecule has 0 heterocycles. The average molecular weight is 258 g/mol. The maximum absolute atomic E-state index is 10.0. The minimum absolute atomic E-state index is 0.151. The fourth-order valence-electron chi connectivity index (χ4n) is 2.92. The Balaban J connectivity index is 1.93. The van der Waals surface area contributed by atoms with Gasteiger partial charge in [0, 0.05) is 13.1 Å². The Morgan fingerprint density at radius 1 is 1.32 bits per heavy atom. The molecule has 2 unspecified atom stereocenters. The highest BCUT2D eigenvalue weighted by atomic mass is 16.3. The number of benzene rings is 1. The topological polar surface area (TPSA) is 47.3 Å². The van der Waals surface area contributed by atoms with Crippen LogP contribution < -0.4 is 0 Å². The van der Waals surface area contributed by atoms with E-state index in [-0.39, 0.29) is 6.10 Å². The molecule has 2 rings (SSSR count). The van der Waals surface area contributed by atoms with Gasteiger partial charge in [-0.25, -0.2) is 0 Å². The maximum atomic E-state index is 10.0. The van der Waals surface area contributed by atoms with Crippen molar-refractivity contribution in [2.75, 3.05) is 13.6 Å². The van der Waals surface area contributed by atoms with E-state index in [4.69, 9.17) is 5.26 Å². The summed E-state index contributed by atoms with van der Waals surface area (Å²) in [6.45, 7) is 1.67. The lowest BCUT2D eigenvalue weighted by atomic mass is 9.86. The van der Waals surface area contributed by atoms with Crippen LogP contribution in [-0.2, 0) is 6.54 Å². The van der Waals surface area contributed by atoms with Gasteiger partial charge in [-0.05, 0) is 37.4 Å². The van der Waals surface area contributed by atoms with Gasteiger partial charge in [0.15, 0.2) is 0 Å². The van der Waals surface area contributed by atoms with Gasteiger partial charge in [0.05, 0.1) is 17.7 Å². The first-order chi connectivity index (χ1) is 9.20. The van der Waals surface area contributed by atoms with Gasteiger partial charge in [0.1, 0.15) is 0 Å². The van der Waals surface area contributed by atoms with Gasteiger partial charge in [0.25, 0.3) is 0 Å². The zero-order valence-corrected chi connectivity index (χ0v) is 11.5. The fraction of sp³-hybridized carbons (Fsp3) is 0.562. The third-order valence-corrected chi connectivity index (χ3v) is 3.99. The van der Waals surface area contributed by atoms with Crippen molar-refractivity contribution in [2.24, 2.45) is 5.92 Å². The zero-order chi connectivity index (χ0) is 13.7. The van der Waals surface area contributed by atoms with Crippen LogP contribution in [-0.4, -0.2) is 29.7 Å². The Bertz CT molecular complexity index is 452. The van der Waals surface area contributed by atoms with Crippen LogP contribution in [0.25, 0.3) is 0 Å². The molecular formula is C16H22N2O. The summed E-state index contributed by atoms with van der Waals surface area (Å²) >= 11 is 0. The number of hydrogen-bond acceptors (Lipinski definition) is 3. The van der Waals surface area contributed by atoms with E-state index in [2.05, 4.69) is 18.0 Å². The Kier molecular flexibility index (Phi) is 4.95. The van der Waals surface area contributed by atoms with Gasteiger partial charge >= 0.3 is 0 Å². The highest BCUT2D eigenvalue weighted by molar-refractivity contribution is 5.37. The molecule has 0 radical (unpaired) electrons. The molecule has 3 nitrogen and oxygen atoms in total. The number of aliphatic hydroxyl groups is 1. The Morgan fingerprint density at radius 2 is 2.05 bits per heavy atom. The number of rotatable bonds is 4. The lowest BCUT2D eigenvalue weighted by Crippen LogP contribution is -2.34. The molecule has 0 aliphatic heterocycles. The van der Waals surface area contributed by atoms with Gasteiger partial charge in [-0.2, -0.15) is 5.26 Å². The van der Waals surface area contributed by atoms with E-state index >= 15 is 0 Å². The number of nitrogens with zero attached hydrogens (tertiary/aromatic N) is 2. The maximum Gasteiger partial charge on any atom is 0.0995 e. The van der Waals surface area contributed by atoms with Crippen molar-refractivity contribution in [1.29, 1.82) is 5.26 Å². The zero-order valence-electron chi connectivity index (χ0n) is 11.5. The fourth-order valence-corrected chi connectivity index (χ4v) is 2.92.